The molecule has 7 heteroatoms. The molecule has 0 saturated carbocycles. The molecule has 1 amide bonds. The number of rotatable bonds is 8. The van der Waals surface area contributed by atoms with Crippen LogP contribution >= 0.6 is 0 Å². The highest BCUT2D eigenvalue weighted by Crippen LogP contribution is 2.17. The van der Waals surface area contributed by atoms with Gasteiger partial charge in [-0.25, -0.2) is 8.42 Å². The second kappa shape index (κ2) is 9.21. The number of carbonyl (C=O) groups is 1. The van der Waals surface area contributed by atoms with E-state index < -0.39 is 10.0 Å². The zero-order valence-corrected chi connectivity index (χ0v) is 16.9. The van der Waals surface area contributed by atoms with Gasteiger partial charge in [-0.05, 0) is 68.8 Å². The third-order valence-corrected chi connectivity index (χ3v) is 6.48. The van der Waals surface area contributed by atoms with Crippen molar-refractivity contribution < 1.29 is 13.2 Å². The van der Waals surface area contributed by atoms with Gasteiger partial charge in [0.2, 0.25) is 0 Å². The van der Waals surface area contributed by atoms with E-state index in [9.17, 15) is 13.2 Å². The van der Waals surface area contributed by atoms with E-state index >= 15 is 0 Å². The first-order valence-electron chi connectivity index (χ1n) is 9.70. The van der Waals surface area contributed by atoms with Gasteiger partial charge in [0, 0.05) is 23.8 Å². The van der Waals surface area contributed by atoms with Crippen LogP contribution in [0.15, 0.2) is 59.5 Å². The molecule has 1 fully saturated rings. The molecule has 2 N–H and O–H groups in total. The predicted octanol–water partition coefficient (Wildman–Crippen LogP) is 3.09. The molecule has 28 heavy (non-hydrogen) atoms. The molecule has 1 heterocycles. The molecule has 2 aromatic carbocycles. The fourth-order valence-electron chi connectivity index (χ4n) is 3.46. The molecular formula is C21H27N3O3S. The fraction of sp³-hybridized carbons (Fsp3) is 0.381. The Morgan fingerprint density at radius 2 is 1.68 bits per heavy atom. The third kappa shape index (κ3) is 5.11. The van der Waals surface area contributed by atoms with Gasteiger partial charge in [0.25, 0.3) is 15.9 Å². The molecule has 0 spiro atoms. The van der Waals surface area contributed by atoms with Crippen LogP contribution in [0.4, 0.5) is 5.69 Å². The summed E-state index contributed by atoms with van der Waals surface area (Å²) in [6, 6.07) is 15.1. The van der Waals surface area contributed by atoms with E-state index in [1.54, 1.807) is 36.4 Å². The smallest absolute Gasteiger partial charge is 0.261 e. The van der Waals surface area contributed by atoms with Crippen LogP contribution < -0.4 is 10.0 Å². The number of anilines is 1. The third-order valence-electron chi connectivity index (χ3n) is 5.08. The maximum atomic E-state index is 12.5. The van der Waals surface area contributed by atoms with Crippen LogP contribution in [0.1, 0.15) is 36.5 Å². The summed E-state index contributed by atoms with van der Waals surface area (Å²) in [5.41, 5.74) is 0.951. The number of amides is 1. The Morgan fingerprint density at radius 3 is 2.29 bits per heavy atom. The lowest BCUT2D eigenvalue weighted by molar-refractivity contribution is 0.0937. The van der Waals surface area contributed by atoms with Gasteiger partial charge in [0.05, 0.1) is 4.90 Å². The average molecular weight is 402 g/mol. The number of carbonyl (C=O) groups excluding carboxylic acids is 1. The average Bonchev–Trinajstić information content (AvgIpc) is 3.23. The Morgan fingerprint density at radius 1 is 1.04 bits per heavy atom. The van der Waals surface area contributed by atoms with E-state index in [1.165, 1.54) is 25.0 Å². The van der Waals surface area contributed by atoms with E-state index in [2.05, 4.69) is 21.9 Å². The van der Waals surface area contributed by atoms with Crippen molar-refractivity contribution in [2.24, 2.45) is 0 Å². The highest BCUT2D eigenvalue weighted by atomic mass is 32.2. The molecular weight excluding hydrogens is 374 g/mol. The molecule has 1 atom stereocenters. The van der Waals surface area contributed by atoms with Crippen LogP contribution in [-0.4, -0.2) is 44.9 Å². The van der Waals surface area contributed by atoms with Crippen LogP contribution in [-0.2, 0) is 10.0 Å². The van der Waals surface area contributed by atoms with Gasteiger partial charge in [0.15, 0.2) is 0 Å². The molecule has 1 aliphatic heterocycles. The van der Waals surface area contributed by atoms with Crippen LogP contribution in [0.2, 0.25) is 0 Å². The summed E-state index contributed by atoms with van der Waals surface area (Å²) >= 11 is 0. The quantitative estimate of drug-likeness (QED) is 0.712. The van der Waals surface area contributed by atoms with Gasteiger partial charge < -0.3 is 5.32 Å². The summed E-state index contributed by atoms with van der Waals surface area (Å²) in [6.45, 7) is 4.92. The van der Waals surface area contributed by atoms with E-state index in [1.807, 2.05) is 6.07 Å². The van der Waals surface area contributed by atoms with E-state index in [4.69, 9.17) is 0 Å². The molecule has 3 rings (SSSR count). The highest BCUT2D eigenvalue weighted by molar-refractivity contribution is 7.92. The minimum absolute atomic E-state index is 0.122. The van der Waals surface area contributed by atoms with Crippen molar-refractivity contribution in [2.45, 2.75) is 37.1 Å². The number of likely N-dealkylation sites (tertiary alicyclic amines) is 1. The van der Waals surface area contributed by atoms with Crippen LogP contribution in [0.25, 0.3) is 0 Å². The maximum Gasteiger partial charge on any atom is 0.261 e. The number of sulfonamides is 1. The molecule has 150 valence electrons. The van der Waals surface area contributed by atoms with Crippen molar-refractivity contribution in [2.75, 3.05) is 24.4 Å². The summed E-state index contributed by atoms with van der Waals surface area (Å²) in [5.74, 6) is -0.183. The van der Waals surface area contributed by atoms with Crippen molar-refractivity contribution in [3.63, 3.8) is 0 Å². The number of hydrogen-bond donors (Lipinski definition) is 2. The monoisotopic (exact) mass is 401 g/mol. The van der Waals surface area contributed by atoms with Crippen LogP contribution in [0.5, 0.6) is 0 Å². The largest absolute Gasteiger partial charge is 0.350 e. The summed E-state index contributed by atoms with van der Waals surface area (Å²) in [6.07, 6.45) is 3.43. The van der Waals surface area contributed by atoms with Gasteiger partial charge in [-0.3, -0.25) is 14.4 Å². The molecule has 6 nitrogen and oxygen atoms in total. The summed E-state index contributed by atoms with van der Waals surface area (Å²) in [7, 11) is -3.68. The molecule has 0 aromatic heterocycles. The summed E-state index contributed by atoms with van der Waals surface area (Å²) < 4.78 is 27.5. The van der Waals surface area contributed by atoms with Gasteiger partial charge in [-0.1, -0.05) is 25.1 Å². The predicted molar refractivity (Wildman–Crippen MR) is 111 cm³/mol. The highest BCUT2D eigenvalue weighted by Gasteiger charge is 2.21. The molecule has 2 aromatic rings. The second-order valence-corrected chi connectivity index (χ2v) is 8.69. The van der Waals surface area contributed by atoms with Crippen molar-refractivity contribution >= 4 is 21.6 Å². The van der Waals surface area contributed by atoms with Crippen molar-refractivity contribution in [1.29, 1.82) is 0 Å². The Labute approximate surface area is 167 Å². The Bertz CT molecular complexity index is 877. The van der Waals surface area contributed by atoms with Crippen molar-refractivity contribution in [3.8, 4) is 0 Å². The molecule has 1 saturated heterocycles. The van der Waals surface area contributed by atoms with Crippen LogP contribution in [0, 0.1) is 0 Å². The van der Waals surface area contributed by atoms with Gasteiger partial charge in [-0.15, -0.1) is 0 Å². The first kappa shape index (κ1) is 20.4. The number of benzene rings is 2. The lowest BCUT2D eigenvalue weighted by Gasteiger charge is -2.26. The SMILES string of the molecule is CCC(CNC(=O)c1ccc(S(=O)(=O)Nc2ccccc2)cc1)N1CCCC1. The van der Waals surface area contributed by atoms with E-state index in [0.717, 1.165) is 19.5 Å². The standard InChI is InChI=1S/C21H27N3O3S/c1-2-19(24-14-6-7-15-24)16-22-21(25)17-10-12-20(13-11-17)28(26,27)23-18-8-4-3-5-9-18/h3-5,8-13,19,23H,2,6-7,14-16H2,1H3,(H,22,25). The molecule has 0 aliphatic carbocycles. The Kier molecular flexibility index (Phi) is 6.70. The van der Waals surface area contributed by atoms with Gasteiger partial charge >= 0.3 is 0 Å². The minimum Gasteiger partial charge on any atom is -0.350 e. The minimum atomic E-state index is -3.68. The fourth-order valence-corrected chi connectivity index (χ4v) is 4.52. The summed E-state index contributed by atoms with van der Waals surface area (Å²) in [4.78, 5) is 15.0. The topological polar surface area (TPSA) is 78.5 Å². The Hall–Kier alpha value is -2.38. The number of nitrogens with one attached hydrogen (secondary N) is 2. The molecule has 1 unspecified atom stereocenters. The lowest BCUT2D eigenvalue weighted by Crippen LogP contribution is -2.42. The molecule has 0 bridgehead atoms. The zero-order chi connectivity index (χ0) is 20.0. The van der Waals surface area contributed by atoms with Crippen molar-refractivity contribution in [1.82, 2.24) is 10.2 Å². The molecule has 0 radical (unpaired) electrons. The number of nitrogens with zero attached hydrogens (tertiary/aromatic N) is 1. The van der Waals surface area contributed by atoms with Crippen LogP contribution in [0.3, 0.4) is 0 Å². The molecule has 1 aliphatic rings. The first-order valence-corrected chi connectivity index (χ1v) is 11.2. The van der Waals surface area contributed by atoms with Gasteiger partial charge in [0.1, 0.15) is 0 Å². The Balaban J connectivity index is 1.60. The maximum absolute atomic E-state index is 12.5. The lowest BCUT2D eigenvalue weighted by atomic mass is 10.1. The van der Waals surface area contributed by atoms with E-state index in [0.29, 0.717) is 23.8 Å². The zero-order valence-electron chi connectivity index (χ0n) is 16.1. The normalized spacial score (nSPS) is 15.9. The first-order chi connectivity index (χ1) is 13.5. The van der Waals surface area contributed by atoms with E-state index in [-0.39, 0.29) is 10.8 Å². The second-order valence-electron chi connectivity index (χ2n) is 7.01. The van der Waals surface area contributed by atoms with Crippen molar-refractivity contribution in [3.05, 3.63) is 60.2 Å². The summed E-state index contributed by atoms with van der Waals surface area (Å²) in [5, 5.41) is 2.98. The number of para-hydroxylation sites is 1. The van der Waals surface area contributed by atoms with Gasteiger partial charge in [-0.2, -0.15) is 0 Å². The number of hydrogen-bond acceptors (Lipinski definition) is 4.